The van der Waals surface area contributed by atoms with E-state index in [0.717, 1.165) is 44.9 Å². The van der Waals surface area contributed by atoms with Crippen LogP contribution in [0.2, 0.25) is 0 Å². The Bertz CT molecular complexity index is 598. The number of hydrogen-bond acceptors (Lipinski definition) is 8. The topological polar surface area (TPSA) is 108 Å². The predicted octanol–water partition coefficient (Wildman–Crippen LogP) is 4.59. The number of amides is 1. The van der Waals surface area contributed by atoms with Crippen molar-refractivity contribution in [3.63, 3.8) is 0 Å². The molecule has 9 heteroatoms. The highest BCUT2D eigenvalue weighted by molar-refractivity contribution is 5.88. The fourth-order valence-electron chi connectivity index (χ4n) is 3.59. The molecule has 0 N–H and O–H groups in total. The van der Waals surface area contributed by atoms with Crippen LogP contribution in [0.5, 0.6) is 0 Å². The Kier molecular flexibility index (Phi) is 21.9. The Labute approximate surface area is 217 Å². The number of ether oxygens (including phenoxy) is 4. The van der Waals surface area contributed by atoms with E-state index in [1.807, 2.05) is 13.8 Å². The molecule has 0 heterocycles. The number of carbonyl (C=O) groups excluding carboxylic acids is 4. The van der Waals surface area contributed by atoms with E-state index < -0.39 is 23.9 Å². The summed E-state index contributed by atoms with van der Waals surface area (Å²) >= 11 is 0. The Balaban J connectivity index is 5.36. The SMILES string of the molecule is CCCCCC(CC)OCCCN(C(=O)CCOC=O)[C@@H](CC(=O)OCCCC)C(=O)OCCCC. The molecule has 0 rings (SSSR count). The van der Waals surface area contributed by atoms with Crippen LogP contribution >= 0.6 is 0 Å². The number of unbranched alkanes of at least 4 members (excludes halogenated alkanes) is 4. The normalized spacial score (nSPS) is 12.4. The van der Waals surface area contributed by atoms with E-state index in [-0.39, 0.29) is 51.8 Å². The van der Waals surface area contributed by atoms with E-state index in [1.54, 1.807) is 0 Å². The fourth-order valence-corrected chi connectivity index (χ4v) is 3.59. The molecule has 0 aromatic carbocycles. The zero-order valence-corrected chi connectivity index (χ0v) is 23.0. The molecule has 0 aliphatic heterocycles. The summed E-state index contributed by atoms with van der Waals surface area (Å²) in [7, 11) is 0. The largest absolute Gasteiger partial charge is 0.467 e. The van der Waals surface area contributed by atoms with E-state index in [9.17, 15) is 19.2 Å². The molecule has 0 fully saturated rings. The molecule has 2 atom stereocenters. The molecule has 36 heavy (non-hydrogen) atoms. The quantitative estimate of drug-likeness (QED) is 0.0795. The van der Waals surface area contributed by atoms with Crippen molar-refractivity contribution in [3.8, 4) is 0 Å². The zero-order chi connectivity index (χ0) is 27.0. The monoisotopic (exact) mass is 515 g/mol. The lowest BCUT2D eigenvalue weighted by Crippen LogP contribution is -2.48. The van der Waals surface area contributed by atoms with Crippen LogP contribution in [0.25, 0.3) is 0 Å². The van der Waals surface area contributed by atoms with E-state index in [2.05, 4.69) is 18.6 Å². The van der Waals surface area contributed by atoms with Crippen molar-refractivity contribution in [1.82, 2.24) is 4.90 Å². The number of nitrogens with zero attached hydrogens (tertiary/aromatic N) is 1. The van der Waals surface area contributed by atoms with Gasteiger partial charge in [0.05, 0.1) is 38.8 Å². The third kappa shape index (κ3) is 16.5. The Morgan fingerprint density at radius 1 is 0.806 bits per heavy atom. The molecule has 0 aliphatic carbocycles. The van der Waals surface area contributed by atoms with Crippen LogP contribution in [0.3, 0.4) is 0 Å². The van der Waals surface area contributed by atoms with E-state index in [0.29, 0.717) is 19.4 Å². The lowest BCUT2D eigenvalue weighted by molar-refractivity contribution is -0.161. The lowest BCUT2D eigenvalue weighted by atomic mass is 10.1. The average molecular weight is 516 g/mol. The van der Waals surface area contributed by atoms with Gasteiger partial charge in [-0.2, -0.15) is 0 Å². The number of carbonyl (C=O) groups is 4. The summed E-state index contributed by atoms with van der Waals surface area (Å²) < 4.78 is 21.3. The van der Waals surface area contributed by atoms with Crippen LogP contribution in [-0.2, 0) is 38.1 Å². The minimum Gasteiger partial charge on any atom is -0.467 e. The van der Waals surface area contributed by atoms with Gasteiger partial charge in [-0.15, -0.1) is 0 Å². The van der Waals surface area contributed by atoms with Crippen molar-refractivity contribution in [2.75, 3.05) is 33.0 Å². The van der Waals surface area contributed by atoms with Crippen molar-refractivity contribution in [2.24, 2.45) is 0 Å². The van der Waals surface area contributed by atoms with Crippen molar-refractivity contribution in [1.29, 1.82) is 0 Å². The summed E-state index contributed by atoms with van der Waals surface area (Å²) in [5.41, 5.74) is 0. The van der Waals surface area contributed by atoms with Crippen LogP contribution in [0.4, 0.5) is 0 Å². The third-order valence-corrected chi connectivity index (χ3v) is 5.82. The molecule has 0 aromatic rings. The lowest BCUT2D eigenvalue weighted by Gasteiger charge is -2.30. The predicted molar refractivity (Wildman–Crippen MR) is 137 cm³/mol. The van der Waals surface area contributed by atoms with Gasteiger partial charge in [0.2, 0.25) is 5.91 Å². The van der Waals surface area contributed by atoms with Crippen LogP contribution in [0.15, 0.2) is 0 Å². The smallest absolute Gasteiger partial charge is 0.329 e. The highest BCUT2D eigenvalue weighted by Gasteiger charge is 2.33. The zero-order valence-electron chi connectivity index (χ0n) is 23.0. The van der Waals surface area contributed by atoms with Gasteiger partial charge in [-0.1, -0.05) is 59.8 Å². The van der Waals surface area contributed by atoms with Crippen molar-refractivity contribution in [3.05, 3.63) is 0 Å². The average Bonchev–Trinajstić information content (AvgIpc) is 2.87. The molecule has 0 saturated heterocycles. The summed E-state index contributed by atoms with van der Waals surface area (Å²) in [6.07, 6.45) is 8.72. The standard InChI is InChI=1S/C27H49NO8/c1-5-9-12-14-23(8-4)34-19-13-16-28(25(30)15-20-33-22-29)24(27(32)36-18-11-7-3)21-26(31)35-17-10-6-2/h22-24H,5-21H2,1-4H3/t23?,24-/m0/s1. The van der Waals surface area contributed by atoms with Crippen LogP contribution < -0.4 is 0 Å². The molecule has 1 unspecified atom stereocenters. The minimum atomic E-state index is -1.11. The molecule has 0 radical (unpaired) electrons. The second-order valence-electron chi connectivity index (χ2n) is 8.87. The van der Waals surface area contributed by atoms with Gasteiger partial charge in [-0.25, -0.2) is 4.79 Å². The maximum Gasteiger partial charge on any atom is 0.329 e. The van der Waals surface area contributed by atoms with Crippen molar-refractivity contribution in [2.45, 2.75) is 117 Å². The van der Waals surface area contributed by atoms with E-state index >= 15 is 0 Å². The van der Waals surface area contributed by atoms with Crippen LogP contribution in [0.1, 0.15) is 105 Å². The fraction of sp³-hybridized carbons (Fsp3) is 0.852. The Morgan fingerprint density at radius 3 is 2.08 bits per heavy atom. The van der Waals surface area contributed by atoms with Gasteiger partial charge in [0.1, 0.15) is 6.04 Å². The molecular weight excluding hydrogens is 466 g/mol. The van der Waals surface area contributed by atoms with Gasteiger partial charge in [-0.3, -0.25) is 14.4 Å². The van der Waals surface area contributed by atoms with Gasteiger partial charge >= 0.3 is 11.9 Å². The first-order valence-corrected chi connectivity index (χ1v) is 13.7. The van der Waals surface area contributed by atoms with E-state index in [1.165, 1.54) is 11.3 Å². The summed E-state index contributed by atoms with van der Waals surface area (Å²) in [4.78, 5) is 50.3. The van der Waals surface area contributed by atoms with Crippen molar-refractivity contribution >= 4 is 24.3 Å². The molecule has 0 bridgehead atoms. The van der Waals surface area contributed by atoms with Crippen molar-refractivity contribution < 1.29 is 38.1 Å². The summed E-state index contributed by atoms with van der Waals surface area (Å²) in [5.74, 6) is -1.58. The van der Waals surface area contributed by atoms with Gasteiger partial charge in [-0.05, 0) is 32.1 Å². The van der Waals surface area contributed by atoms with Crippen LogP contribution in [-0.4, -0.2) is 74.3 Å². The van der Waals surface area contributed by atoms with Crippen LogP contribution in [0, 0.1) is 0 Å². The molecule has 0 aromatic heterocycles. The second kappa shape index (κ2) is 23.3. The van der Waals surface area contributed by atoms with E-state index in [4.69, 9.17) is 14.2 Å². The first-order valence-electron chi connectivity index (χ1n) is 13.7. The van der Waals surface area contributed by atoms with Gasteiger partial charge < -0.3 is 23.8 Å². The van der Waals surface area contributed by atoms with Gasteiger partial charge in [0, 0.05) is 13.2 Å². The minimum absolute atomic E-state index is 0.0994. The molecule has 210 valence electrons. The summed E-state index contributed by atoms with van der Waals surface area (Å²) in [6.45, 7) is 9.50. The highest BCUT2D eigenvalue weighted by Crippen LogP contribution is 2.15. The number of esters is 2. The van der Waals surface area contributed by atoms with Gasteiger partial charge in [0.15, 0.2) is 0 Å². The summed E-state index contributed by atoms with van der Waals surface area (Å²) in [5, 5.41) is 0. The maximum absolute atomic E-state index is 13.0. The Morgan fingerprint density at radius 2 is 1.47 bits per heavy atom. The molecule has 0 saturated carbocycles. The molecule has 9 nitrogen and oxygen atoms in total. The third-order valence-electron chi connectivity index (χ3n) is 5.82. The second-order valence-corrected chi connectivity index (χ2v) is 8.87. The molecule has 0 aliphatic rings. The molecule has 1 amide bonds. The Hall–Kier alpha value is -2.16. The number of hydrogen-bond donors (Lipinski definition) is 0. The molecule has 0 spiro atoms. The first kappa shape index (κ1) is 33.8. The summed E-state index contributed by atoms with van der Waals surface area (Å²) in [6, 6.07) is -1.11. The highest BCUT2D eigenvalue weighted by atomic mass is 16.5. The first-order chi connectivity index (χ1) is 17.4. The maximum atomic E-state index is 13.0. The van der Waals surface area contributed by atoms with Gasteiger partial charge in [0.25, 0.3) is 6.47 Å². The number of rotatable bonds is 24. The molecular formula is C27H49NO8.